The van der Waals surface area contributed by atoms with Gasteiger partial charge in [-0.05, 0) is 20.8 Å². The van der Waals surface area contributed by atoms with Crippen molar-refractivity contribution in [3.8, 4) is 0 Å². The first-order valence-corrected chi connectivity index (χ1v) is 4.56. The van der Waals surface area contributed by atoms with Crippen LogP contribution < -0.4 is 16.4 Å². The van der Waals surface area contributed by atoms with Gasteiger partial charge in [-0.1, -0.05) is 12.2 Å². The van der Waals surface area contributed by atoms with Crippen molar-refractivity contribution in [3.63, 3.8) is 0 Å². The molecule has 0 rings (SSSR count). The smallest absolute Gasteiger partial charge is 0.315 e. The molecule has 0 aromatic rings. The molecule has 0 heterocycles. The molecule has 0 aromatic carbocycles. The highest BCUT2D eigenvalue weighted by atomic mass is 32.1. The van der Waals surface area contributed by atoms with Crippen LogP contribution in [0.1, 0.15) is 27.2 Å². The fourth-order valence-electron chi connectivity index (χ4n) is 0.684. The molecule has 0 aliphatic carbocycles. The zero-order valence-electron chi connectivity index (χ0n) is 8.31. The minimum atomic E-state index is -0.215. The largest absolute Gasteiger partial charge is 0.393 e. The molecule has 4 nitrogen and oxygen atoms in total. The fourth-order valence-corrected chi connectivity index (χ4v) is 0.786. The van der Waals surface area contributed by atoms with Crippen LogP contribution >= 0.6 is 12.2 Å². The molecule has 0 bridgehead atoms. The second kappa shape index (κ2) is 5.01. The molecule has 0 aliphatic heterocycles. The van der Waals surface area contributed by atoms with Gasteiger partial charge in [-0.3, -0.25) is 0 Å². The average Bonchev–Trinajstić information content (AvgIpc) is 1.81. The lowest BCUT2D eigenvalue weighted by Crippen LogP contribution is -2.46. The Kier molecular flexibility index (Phi) is 4.69. The lowest BCUT2D eigenvalue weighted by Gasteiger charge is -2.20. The average molecular weight is 203 g/mol. The maximum atomic E-state index is 11.1. The summed E-state index contributed by atoms with van der Waals surface area (Å²) in [4.78, 5) is 11.5. The molecule has 0 aliphatic rings. The lowest BCUT2D eigenvalue weighted by molar-refractivity contribution is 0.232. The second-order valence-electron chi connectivity index (χ2n) is 3.85. The summed E-state index contributed by atoms with van der Waals surface area (Å²) in [5.74, 6) is 0. The molecule has 0 unspecified atom stereocenters. The molecular weight excluding hydrogens is 186 g/mol. The summed E-state index contributed by atoms with van der Waals surface area (Å²) in [7, 11) is 0. The van der Waals surface area contributed by atoms with Gasteiger partial charge in [-0.25, -0.2) is 4.79 Å². The van der Waals surface area contributed by atoms with Crippen LogP contribution in [0.25, 0.3) is 0 Å². The van der Waals surface area contributed by atoms with E-state index in [1.807, 2.05) is 20.8 Å². The van der Waals surface area contributed by atoms with Crippen molar-refractivity contribution in [2.45, 2.75) is 32.7 Å². The van der Waals surface area contributed by atoms with Crippen LogP contribution in [0.4, 0.5) is 4.79 Å². The first-order valence-electron chi connectivity index (χ1n) is 4.15. The Bertz CT molecular complexity index is 198. The van der Waals surface area contributed by atoms with Crippen LogP contribution in [0.2, 0.25) is 0 Å². The second-order valence-corrected chi connectivity index (χ2v) is 4.37. The summed E-state index contributed by atoms with van der Waals surface area (Å²) in [6, 6.07) is -0.191. The Balaban J connectivity index is 3.59. The van der Waals surface area contributed by atoms with Crippen molar-refractivity contribution < 1.29 is 4.79 Å². The van der Waals surface area contributed by atoms with Gasteiger partial charge in [-0.15, -0.1) is 0 Å². The SMILES string of the molecule is CC(C)(C)NC(=O)NCCC(N)=S. The van der Waals surface area contributed by atoms with Crippen molar-refractivity contribution in [2.24, 2.45) is 5.73 Å². The van der Waals surface area contributed by atoms with Gasteiger partial charge < -0.3 is 16.4 Å². The first-order chi connectivity index (χ1) is 5.81. The number of hydrogen-bond acceptors (Lipinski definition) is 2. The van der Waals surface area contributed by atoms with Gasteiger partial charge >= 0.3 is 6.03 Å². The monoisotopic (exact) mass is 203 g/mol. The van der Waals surface area contributed by atoms with E-state index in [4.69, 9.17) is 5.73 Å². The van der Waals surface area contributed by atoms with E-state index in [0.29, 0.717) is 18.0 Å². The van der Waals surface area contributed by atoms with Gasteiger partial charge in [0.2, 0.25) is 0 Å². The van der Waals surface area contributed by atoms with E-state index in [9.17, 15) is 4.79 Å². The highest BCUT2D eigenvalue weighted by molar-refractivity contribution is 7.80. The Morgan fingerprint density at radius 2 is 2.00 bits per heavy atom. The van der Waals surface area contributed by atoms with Crippen molar-refractivity contribution in [1.29, 1.82) is 0 Å². The van der Waals surface area contributed by atoms with Crippen molar-refractivity contribution in [3.05, 3.63) is 0 Å². The Morgan fingerprint density at radius 1 is 1.46 bits per heavy atom. The molecule has 0 atom stereocenters. The van der Waals surface area contributed by atoms with E-state index in [0.717, 1.165) is 0 Å². The summed E-state index contributed by atoms with van der Waals surface area (Å²) < 4.78 is 0. The molecule has 0 aromatic heterocycles. The zero-order valence-corrected chi connectivity index (χ0v) is 9.12. The summed E-state index contributed by atoms with van der Waals surface area (Å²) in [5, 5.41) is 5.41. The first kappa shape index (κ1) is 12.2. The maximum absolute atomic E-state index is 11.1. The van der Waals surface area contributed by atoms with Gasteiger partial charge in [0.15, 0.2) is 0 Å². The number of urea groups is 1. The molecule has 0 spiro atoms. The molecule has 0 saturated heterocycles. The predicted molar refractivity (Wildman–Crippen MR) is 57.7 cm³/mol. The normalized spacial score (nSPS) is 10.7. The Hall–Kier alpha value is -0.840. The number of amides is 2. The number of rotatable bonds is 3. The maximum Gasteiger partial charge on any atom is 0.315 e. The van der Waals surface area contributed by atoms with E-state index in [1.165, 1.54) is 0 Å². The third-order valence-electron chi connectivity index (χ3n) is 1.15. The van der Waals surface area contributed by atoms with E-state index < -0.39 is 0 Å². The molecule has 4 N–H and O–H groups in total. The standard InChI is InChI=1S/C8H17N3OS/c1-8(2,3)11-7(12)10-5-4-6(9)13/h4-5H2,1-3H3,(H2,9,13)(H2,10,11,12). The summed E-state index contributed by atoms with van der Waals surface area (Å²) >= 11 is 4.66. The van der Waals surface area contributed by atoms with Gasteiger partial charge in [0.25, 0.3) is 0 Å². The van der Waals surface area contributed by atoms with Gasteiger partial charge in [0.1, 0.15) is 0 Å². The van der Waals surface area contributed by atoms with Crippen LogP contribution in [-0.4, -0.2) is 23.1 Å². The molecule has 76 valence electrons. The number of carbonyl (C=O) groups excluding carboxylic acids is 1. The van der Waals surface area contributed by atoms with E-state index in [-0.39, 0.29) is 11.6 Å². The van der Waals surface area contributed by atoms with E-state index >= 15 is 0 Å². The van der Waals surface area contributed by atoms with Gasteiger partial charge in [-0.2, -0.15) is 0 Å². The Morgan fingerprint density at radius 3 is 2.38 bits per heavy atom. The number of thiocarbonyl (C=S) groups is 1. The molecular formula is C8H17N3OS. The topological polar surface area (TPSA) is 67.2 Å². The molecule has 0 radical (unpaired) electrons. The number of hydrogen-bond donors (Lipinski definition) is 3. The third kappa shape index (κ3) is 9.07. The van der Waals surface area contributed by atoms with Crippen molar-refractivity contribution in [1.82, 2.24) is 10.6 Å². The van der Waals surface area contributed by atoms with Crippen molar-refractivity contribution in [2.75, 3.05) is 6.54 Å². The lowest BCUT2D eigenvalue weighted by atomic mass is 10.1. The van der Waals surface area contributed by atoms with Crippen LogP contribution in [-0.2, 0) is 0 Å². The van der Waals surface area contributed by atoms with Gasteiger partial charge in [0, 0.05) is 18.5 Å². The zero-order chi connectivity index (χ0) is 10.5. The molecule has 0 saturated carbocycles. The number of nitrogens with one attached hydrogen (secondary N) is 2. The summed E-state index contributed by atoms with van der Waals surface area (Å²) in [6.07, 6.45) is 0.535. The van der Waals surface area contributed by atoms with Crippen LogP contribution in [0.3, 0.4) is 0 Å². The van der Waals surface area contributed by atoms with Crippen LogP contribution in [0, 0.1) is 0 Å². The minimum absolute atomic E-state index is 0.191. The van der Waals surface area contributed by atoms with Gasteiger partial charge in [0.05, 0.1) is 4.99 Å². The molecule has 13 heavy (non-hydrogen) atoms. The third-order valence-corrected chi connectivity index (χ3v) is 1.35. The summed E-state index contributed by atoms with van der Waals surface area (Å²) in [6.45, 7) is 6.23. The number of nitrogens with two attached hydrogens (primary N) is 1. The van der Waals surface area contributed by atoms with E-state index in [2.05, 4.69) is 22.9 Å². The predicted octanol–water partition coefficient (Wildman–Crippen LogP) is 0.760. The minimum Gasteiger partial charge on any atom is -0.393 e. The van der Waals surface area contributed by atoms with Crippen molar-refractivity contribution >= 4 is 23.2 Å². The molecule has 2 amide bonds. The highest BCUT2D eigenvalue weighted by Crippen LogP contribution is 1.97. The molecule has 0 fully saturated rings. The molecule has 5 heteroatoms. The van der Waals surface area contributed by atoms with E-state index in [1.54, 1.807) is 0 Å². The number of carbonyl (C=O) groups is 1. The summed E-state index contributed by atoms with van der Waals surface area (Å²) in [5.41, 5.74) is 5.05. The van der Waals surface area contributed by atoms with Crippen LogP contribution in [0.15, 0.2) is 0 Å². The highest BCUT2D eigenvalue weighted by Gasteiger charge is 2.12. The van der Waals surface area contributed by atoms with Crippen LogP contribution in [0.5, 0.6) is 0 Å². The Labute approximate surface area is 84.3 Å². The quantitative estimate of drug-likeness (QED) is 0.593. The fraction of sp³-hybridized carbons (Fsp3) is 0.750.